The fourth-order valence-electron chi connectivity index (χ4n) is 3.66. The number of piperidine rings is 1. The molecule has 1 fully saturated rings. The maximum absolute atomic E-state index is 13.1. The highest BCUT2D eigenvalue weighted by Gasteiger charge is 2.27. The van der Waals surface area contributed by atoms with E-state index in [0.29, 0.717) is 0 Å². The van der Waals surface area contributed by atoms with Gasteiger partial charge in [-0.25, -0.2) is 0 Å². The third-order valence-corrected chi connectivity index (χ3v) is 5.08. The van der Waals surface area contributed by atoms with Gasteiger partial charge in [-0.2, -0.15) is 0 Å². The van der Waals surface area contributed by atoms with E-state index < -0.39 is 0 Å². The largest absolute Gasteiger partial charge is 0.330 e. The van der Waals surface area contributed by atoms with Crippen molar-refractivity contribution in [3.05, 3.63) is 80.9 Å². The molecule has 26 heavy (non-hydrogen) atoms. The maximum Gasteiger partial charge on any atom is 0.196 e. The van der Waals surface area contributed by atoms with Crippen molar-refractivity contribution in [2.45, 2.75) is 27.7 Å². The number of carbonyl (C=O) groups excluding carboxylic acids is 1. The zero-order valence-electron chi connectivity index (χ0n) is 16.4. The van der Waals surface area contributed by atoms with Crippen molar-refractivity contribution in [1.82, 2.24) is 0 Å². The second-order valence-corrected chi connectivity index (χ2v) is 7.70. The molecular weight excluding hydrogens is 318 g/mol. The summed E-state index contributed by atoms with van der Waals surface area (Å²) in [4.78, 5) is 14.4. The summed E-state index contributed by atoms with van der Waals surface area (Å²) in [6, 6.07) is 12.8. The minimum Gasteiger partial charge on any atom is -0.330 e. The first-order valence-corrected chi connectivity index (χ1v) is 9.25. The monoisotopic (exact) mass is 346 g/mol. The quantitative estimate of drug-likeness (QED) is 0.826. The summed E-state index contributed by atoms with van der Waals surface area (Å²) in [6.45, 7) is 9.95. The normalized spacial score (nSPS) is 20.8. The Kier molecular flexibility index (Phi) is 5.24. The van der Waals surface area contributed by atoms with Crippen molar-refractivity contribution in [3.63, 3.8) is 0 Å². The summed E-state index contributed by atoms with van der Waals surface area (Å²) < 4.78 is 0. The highest BCUT2D eigenvalue weighted by Crippen LogP contribution is 2.20. The minimum absolute atomic E-state index is 0.190. The van der Waals surface area contributed by atoms with Crippen LogP contribution in [0.15, 0.2) is 47.5 Å². The smallest absolute Gasteiger partial charge is 0.196 e. The molecule has 0 spiro atoms. The molecule has 2 heteroatoms. The van der Waals surface area contributed by atoms with E-state index in [1.807, 2.05) is 0 Å². The average Bonchev–Trinajstić information content (AvgIpc) is 2.56. The number of rotatable bonds is 2. The first-order chi connectivity index (χ1) is 12.3. The molecule has 0 radical (unpaired) electrons. The van der Waals surface area contributed by atoms with Crippen LogP contribution in [-0.4, -0.2) is 25.9 Å². The molecule has 0 unspecified atom stereocenters. The lowest BCUT2D eigenvalue weighted by Gasteiger charge is -2.23. The van der Waals surface area contributed by atoms with Gasteiger partial charge in [-0.15, -0.1) is 0 Å². The zero-order valence-corrected chi connectivity index (χ0v) is 16.4. The number of nitrogens with one attached hydrogen (secondary N) is 1. The van der Waals surface area contributed by atoms with Crippen LogP contribution in [0.25, 0.3) is 12.2 Å². The van der Waals surface area contributed by atoms with Crippen LogP contribution in [0.5, 0.6) is 0 Å². The second kappa shape index (κ2) is 7.43. The number of likely N-dealkylation sites (N-methyl/N-ethyl adjacent to an activating group) is 1. The van der Waals surface area contributed by atoms with Crippen molar-refractivity contribution in [1.29, 1.82) is 0 Å². The summed E-state index contributed by atoms with van der Waals surface area (Å²) in [5.41, 5.74) is 9.00. The zero-order chi connectivity index (χ0) is 18.8. The van der Waals surface area contributed by atoms with E-state index in [-0.39, 0.29) is 5.78 Å². The molecule has 2 nitrogen and oxygen atoms in total. The predicted molar refractivity (Wildman–Crippen MR) is 109 cm³/mol. The van der Waals surface area contributed by atoms with E-state index in [4.69, 9.17) is 0 Å². The third-order valence-electron chi connectivity index (χ3n) is 5.08. The fourth-order valence-corrected chi connectivity index (χ4v) is 3.66. The van der Waals surface area contributed by atoms with E-state index in [1.54, 1.807) is 0 Å². The Balaban J connectivity index is 1.97. The number of quaternary nitrogens is 1. The number of carbonyl (C=O) groups is 1. The average molecular weight is 346 g/mol. The highest BCUT2D eigenvalue weighted by atomic mass is 16.1. The molecule has 2 aromatic carbocycles. The van der Waals surface area contributed by atoms with Crippen molar-refractivity contribution in [2.75, 3.05) is 20.1 Å². The summed E-state index contributed by atoms with van der Waals surface area (Å²) >= 11 is 0. The number of likely N-dealkylation sites (tertiary alicyclic amines) is 1. The molecule has 1 aliphatic heterocycles. The van der Waals surface area contributed by atoms with Gasteiger partial charge in [0.15, 0.2) is 5.78 Å². The number of aryl methyl sites for hydroxylation is 4. The molecule has 1 saturated heterocycles. The van der Waals surface area contributed by atoms with E-state index >= 15 is 0 Å². The molecule has 134 valence electrons. The summed E-state index contributed by atoms with van der Waals surface area (Å²) in [5, 5.41) is 0. The number of ketones is 1. The molecular formula is C24H28NO+. The van der Waals surface area contributed by atoms with Gasteiger partial charge >= 0.3 is 0 Å². The Bertz CT molecular complexity index is 844. The minimum atomic E-state index is 0.190. The summed E-state index contributed by atoms with van der Waals surface area (Å²) in [6.07, 6.45) is 4.16. The Hall–Kier alpha value is -2.45. The van der Waals surface area contributed by atoms with Crippen molar-refractivity contribution < 1.29 is 9.69 Å². The number of hydrogen-bond acceptors (Lipinski definition) is 1. The lowest BCUT2D eigenvalue weighted by Crippen LogP contribution is -3.10. The van der Waals surface area contributed by atoms with Crippen LogP contribution >= 0.6 is 0 Å². The van der Waals surface area contributed by atoms with Crippen LogP contribution in [0.2, 0.25) is 0 Å². The molecule has 1 N–H and O–H groups in total. The van der Waals surface area contributed by atoms with Crippen molar-refractivity contribution in [3.8, 4) is 0 Å². The Morgan fingerprint density at radius 3 is 1.58 bits per heavy atom. The standard InChI is InChI=1S/C24H27NO/c1-16-6-8-20(18(3)10-16)12-22-14-25(5)15-23(24(22)26)13-21-9-7-17(2)11-19(21)4/h6-13H,14-15H2,1-5H3/p+1/b22-12-,23-13-. The second-order valence-electron chi connectivity index (χ2n) is 7.70. The van der Waals surface area contributed by atoms with Gasteiger partial charge in [-0.3, -0.25) is 4.79 Å². The van der Waals surface area contributed by atoms with Crippen LogP contribution in [0.3, 0.4) is 0 Å². The molecule has 0 bridgehead atoms. The molecule has 2 aromatic rings. The molecule has 1 aliphatic rings. The van der Waals surface area contributed by atoms with Gasteiger partial charge in [0.1, 0.15) is 13.1 Å². The van der Waals surface area contributed by atoms with Gasteiger partial charge in [-0.05, 0) is 62.1 Å². The summed E-state index contributed by atoms with van der Waals surface area (Å²) in [5.74, 6) is 0.190. The van der Waals surface area contributed by atoms with Gasteiger partial charge in [0.25, 0.3) is 0 Å². The topological polar surface area (TPSA) is 21.5 Å². The maximum atomic E-state index is 13.1. The molecule has 0 saturated carbocycles. The first kappa shape index (κ1) is 18.3. The number of benzene rings is 2. The van der Waals surface area contributed by atoms with Gasteiger partial charge in [-0.1, -0.05) is 47.5 Å². The van der Waals surface area contributed by atoms with Gasteiger partial charge in [0.2, 0.25) is 0 Å². The van der Waals surface area contributed by atoms with E-state index in [9.17, 15) is 4.79 Å². The highest BCUT2D eigenvalue weighted by molar-refractivity contribution is 6.14. The molecule has 0 aromatic heterocycles. The number of Topliss-reactive ketones (excluding diaryl/α,β-unsaturated/α-hetero) is 1. The Morgan fingerprint density at radius 2 is 1.19 bits per heavy atom. The predicted octanol–water partition coefficient (Wildman–Crippen LogP) is 3.48. The van der Waals surface area contributed by atoms with Crippen molar-refractivity contribution in [2.24, 2.45) is 0 Å². The van der Waals surface area contributed by atoms with E-state index in [2.05, 4.69) is 83.3 Å². The molecule has 0 atom stereocenters. The fraction of sp³-hybridized carbons (Fsp3) is 0.292. The van der Waals surface area contributed by atoms with E-state index in [1.165, 1.54) is 27.2 Å². The van der Waals surface area contributed by atoms with Gasteiger partial charge in [0, 0.05) is 0 Å². The molecule has 0 aliphatic carbocycles. The summed E-state index contributed by atoms with van der Waals surface area (Å²) in [7, 11) is 2.15. The van der Waals surface area contributed by atoms with Crippen LogP contribution in [0.4, 0.5) is 0 Å². The van der Waals surface area contributed by atoms with Crippen LogP contribution < -0.4 is 4.90 Å². The van der Waals surface area contributed by atoms with Crippen LogP contribution in [0.1, 0.15) is 33.4 Å². The third kappa shape index (κ3) is 4.03. The van der Waals surface area contributed by atoms with Gasteiger partial charge in [0.05, 0.1) is 18.2 Å². The lowest BCUT2D eigenvalue weighted by molar-refractivity contribution is -0.870. The van der Waals surface area contributed by atoms with E-state index in [0.717, 1.165) is 35.4 Å². The SMILES string of the molecule is Cc1ccc(/C=C2/C[NH+](C)C/C(=C/c3ccc(C)cc3C)C2=O)c(C)c1. The number of hydrogen-bond donors (Lipinski definition) is 1. The van der Waals surface area contributed by atoms with Gasteiger partial charge < -0.3 is 4.90 Å². The van der Waals surface area contributed by atoms with Crippen LogP contribution in [-0.2, 0) is 4.79 Å². The lowest BCUT2D eigenvalue weighted by atomic mass is 9.92. The molecule has 1 heterocycles. The molecule has 3 rings (SSSR count). The van der Waals surface area contributed by atoms with Crippen LogP contribution in [0, 0.1) is 27.7 Å². The Labute approximate surface area is 156 Å². The Morgan fingerprint density at radius 1 is 0.769 bits per heavy atom. The first-order valence-electron chi connectivity index (χ1n) is 9.25. The molecule has 0 amide bonds. The van der Waals surface area contributed by atoms with Crippen molar-refractivity contribution >= 4 is 17.9 Å².